The van der Waals surface area contributed by atoms with Crippen molar-refractivity contribution in [2.45, 2.75) is 13.5 Å². The molecule has 0 fully saturated rings. The van der Waals surface area contributed by atoms with Crippen molar-refractivity contribution in [3.8, 4) is 0 Å². The van der Waals surface area contributed by atoms with Crippen LogP contribution in [0.15, 0.2) is 34.9 Å². The van der Waals surface area contributed by atoms with Gasteiger partial charge in [0.05, 0.1) is 24.1 Å². The molecule has 0 spiro atoms. The Labute approximate surface area is 114 Å². The van der Waals surface area contributed by atoms with Gasteiger partial charge < -0.3 is 14.4 Å². The van der Waals surface area contributed by atoms with Gasteiger partial charge >= 0.3 is 5.97 Å². The van der Waals surface area contributed by atoms with Crippen LogP contribution in [0.5, 0.6) is 0 Å². The predicted molar refractivity (Wildman–Crippen MR) is 68.7 cm³/mol. The molecule has 0 aliphatic rings. The molecule has 0 radical (unpaired) electrons. The number of carbonyl (C=O) groups is 1. The number of carboxylic acid groups (broad SMARTS) is 1. The van der Waals surface area contributed by atoms with E-state index in [0.29, 0.717) is 12.3 Å². The molecular weight excluding hydrogens is 268 g/mol. The zero-order valence-corrected chi connectivity index (χ0v) is 10.8. The number of aromatic carboxylic acids is 1. The first kappa shape index (κ1) is 14.0. The average molecular weight is 281 g/mol. The molecular formula is C14H13F2NO3. The van der Waals surface area contributed by atoms with Crippen LogP contribution in [0.4, 0.5) is 14.5 Å². The molecule has 0 aliphatic carbocycles. The topological polar surface area (TPSA) is 53.7 Å². The highest BCUT2D eigenvalue weighted by molar-refractivity contribution is 5.88. The first-order chi connectivity index (χ1) is 9.54. The van der Waals surface area contributed by atoms with E-state index in [4.69, 9.17) is 9.52 Å². The Morgan fingerprint density at radius 3 is 2.60 bits per heavy atom. The number of carboxylic acids is 1. The van der Waals surface area contributed by atoms with Crippen molar-refractivity contribution in [3.05, 3.63) is 53.5 Å². The Bertz CT molecular complexity index is 611. The lowest BCUT2D eigenvalue weighted by Crippen LogP contribution is -2.23. The second-order valence-corrected chi connectivity index (χ2v) is 4.16. The van der Waals surface area contributed by atoms with Crippen molar-refractivity contribution in [2.75, 3.05) is 11.4 Å². The van der Waals surface area contributed by atoms with Crippen molar-refractivity contribution in [3.63, 3.8) is 0 Å². The van der Waals surface area contributed by atoms with Gasteiger partial charge in [-0.05, 0) is 31.2 Å². The summed E-state index contributed by atoms with van der Waals surface area (Å²) in [6.45, 7) is 2.47. The van der Waals surface area contributed by atoms with Crippen LogP contribution in [0.1, 0.15) is 23.0 Å². The smallest absolute Gasteiger partial charge is 0.338 e. The third kappa shape index (κ3) is 2.64. The second kappa shape index (κ2) is 5.73. The van der Waals surface area contributed by atoms with E-state index in [0.717, 1.165) is 6.07 Å². The van der Waals surface area contributed by atoms with Gasteiger partial charge in [0, 0.05) is 6.54 Å². The van der Waals surface area contributed by atoms with Gasteiger partial charge in [-0.1, -0.05) is 0 Å². The number of hydrogen-bond donors (Lipinski definition) is 1. The Hall–Kier alpha value is -2.37. The quantitative estimate of drug-likeness (QED) is 0.913. The molecule has 0 saturated heterocycles. The maximum Gasteiger partial charge on any atom is 0.338 e. The van der Waals surface area contributed by atoms with Crippen LogP contribution in [-0.2, 0) is 6.54 Å². The summed E-state index contributed by atoms with van der Waals surface area (Å²) >= 11 is 0. The summed E-state index contributed by atoms with van der Waals surface area (Å²) < 4.78 is 32.8. The highest BCUT2D eigenvalue weighted by Gasteiger charge is 2.21. The largest absolute Gasteiger partial charge is 0.478 e. The van der Waals surface area contributed by atoms with Crippen LogP contribution in [-0.4, -0.2) is 17.6 Å². The first-order valence-corrected chi connectivity index (χ1v) is 6.03. The number of furan rings is 1. The molecule has 0 atom stereocenters. The Balaban J connectivity index is 2.35. The van der Waals surface area contributed by atoms with Gasteiger partial charge in [0.2, 0.25) is 0 Å². The van der Waals surface area contributed by atoms with Gasteiger partial charge in [0.25, 0.3) is 0 Å². The van der Waals surface area contributed by atoms with E-state index < -0.39 is 23.2 Å². The molecule has 0 bridgehead atoms. The number of halogens is 2. The van der Waals surface area contributed by atoms with Crippen molar-refractivity contribution in [2.24, 2.45) is 0 Å². The number of rotatable bonds is 5. The fourth-order valence-electron chi connectivity index (χ4n) is 1.91. The Morgan fingerprint density at radius 2 is 2.05 bits per heavy atom. The molecule has 20 heavy (non-hydrogen) atoms. The Kier molecular flexibility index (Phi) is 4.02. The zero-order valence-electron chi connectivity index (χ0n) is 10.8. The standard InChI is InChI=1S/C14H13F2NO3/c1-2-17(8-9-4-3-7-20-9)11-6-5-10(14(18)19)12(15)13(11)16/h3-7H,2,8H2,1H3,(H,18,19). The van der Waals surface area contributed by atoms with E-state index in [9.17, 15) is 13.6 Å². The van der Waals surface area contributed by atoms with Gasteiger partial charge in [0.1, 0.15) is 5.76 Å². The lowest BCUT2D eigenvalue weighted by molar-refractivity contribution is 0.0690. The lowest BCUT2D eigenvalue weighted by Gasteiger charge is -2.22. The normalized spacial score (nSPS) is 10.6. The molecule has 106 valence electrons. The minimum Gasteiger partial charge on any atom is -0.478 e. The van der Waals surface area contributed by atoms with Crippen LogP contribution in [0.25, 0.3) is 0 Å². The highest BCUT2D eigenvalue weighted by Crippen LogP contribution is 2.25. The molecule has 0 amide bonds. The van der Waals surface area contributed by atoms with E-state index >= 15 is 0 Å². The molecule has 0 saturated carbocycles. The summed E-state index contributed by atoms with van der Waals surface area (Å²) in [7, 11) is 0. The van der Waals surface area contributed by atoms with Crippen molar-refractivity contribution >= 4 is 11.7 Å². The van der Waals surface area contributed by atoms with E-state index in [1.807, 2.05) is 0 Å². The van der Waals surface area contributed by atoms with E-state index in [2.05, 4.69) is 0 Å². The third-order valence-corrected chi connectivity index (χ3v) is 2.94. The summed E-state index contributed by atoms with van der Waals surface area (Å²) in [6, 6.07) is 5.74. The monoisotopic (exact) mass is 281 g/mol. The van der Waals surface area contributed by atoms with Gasteiger partial charge in [0.15, 0.2) is 11.6 Å². The molecule has 1 N–H and O–H groups in total. The molecule has 1 heterocycles. The second-order valence-electron chi connectivity index (χ2n) is 4.16. The molecule has 2 aromatic rings. The Morgan fingerprint density at radius 1 is 1.30 bits per heavy atom. The molecule has 4 nitrogen and oxygen atoms in total. The summed E-state index contributed by atoms with van der Waals surface area (Å²) in [4.78, 5) is 12.3. The number of nitrogens with zero attached hydrogens (tertiary/aromatic N) is 1. The molecule has 1 aromatic heterocycles. The van der Waals surface area contributed by atoms with E-state index in [1.54, 1.807) is 24.0 Å². The molecule has 6 heteroatoms. The van der Waals surface area contributed by atoms with Crippen LogP contribution < -0.4 is 4.90 Å². The fourth-order valence-corrected chi connectivity index (χ4v) is 1.91. The van der Waals surface area contributed by atoms with Gasteiger partial charge in [-0.15, -0.1) is 0 Å². The number of benzene rings is 1. The van der Waals surface area contributed by atoms with Crippen molar-refractivity contribution in [1.82, 2.24) is 0 Å². The first-order valence-electron chi connectivity index (χ1n) is 6.03. The third-order valence-electron chi connectivity index (χ3n) is 2.94. The van der Waals surface area contributed by atoms with E-state index in [1.165, 1.54) is 12.3 Å². The van der Waals surface area contributed by atoms with Crippen LogP contribution in [0, 0.1) is 11.6 Å². The van der Waals surface area contributed by atoms with Crippen LogP contribution in [0.3, 0.4) is 0 Å². The van der Waals surface area contributed by atoms with E-state index in [-0.39, 0.29) is 12.2 Å². The molecule has 2 rings (SSSR count). The summed E-state index contributed by atoms with van der Waals surface area (Å²) in [5.41, 5.74) is -0.674. The number of anilines is 1. The van der Waals surface area contributed by atoms with Gasteiger partial charge in [-0.3, -0.25) is 0 Å². The fraction of sp³-hybridized carbons (Fsp3) is 0.214. The highest BCUT2D eigenvalue weighted by atomic mass is 19.2. The summed E-state index contributed by atoms with van der Waals surface area (Å²) in [5.74, 6) is -3.41. The van der Waals surface area contributed by atoms with Crippen molar-refractivity contribution < 1.29 is 23.1 Å². The average Bonchev–Trinajstić information content (AvgIpc) is 2.92. The maximum absolute atomic E-state index is 14.0. The lowest BCUT2D eigenvalue weighted by atomic mass is 10.1. The van der Waals surface area contributed by atoms with Crippen LogP contribution >= 0.6 is 0 Å². The molecule has 1 aromatic carbocycles. The van der Waals surface area contributed by atoms with Gasteiger partial charge in [-0.25, -0.2) is 13.6 Å². The predicted octanol–water partition coefficient (Wildman–Crippen LogP) is 3.28. The maximum atomic E-state index is 14.0. The number of hydrogen-bond acceptors (Lipinski definition) is 3. The minimum atomic E-state index is -1.50. The molecule has 0 aliphatic heterocycles. The summed E-state index contributed by atoms with van der Waals surface area (Å²) in [6.07, 6.45) is 1.49. The SMILES string of the molecule is CCN(Cc1ccco1)c1ccc(C(=O)O)c(F)c1F. The minimum absolute atomic E-state index is 0.00593. The van der Waals surface area contributed by atoms with Crippen LogP contribution in [0.2, 0.25) is 0 Å². The molecule has 0 unspecified atom stereocenters. The zero-order chi connectivity index (χ0) is 14.7. The van der Waals surface area contributed by atoms with Crippen molar-refractivity contribution in [1.29, 1.82) is 0 Å². The summed E-state index contributed by atoms with van der Waals surface area (Å²) in [5, 5.41) is 8.75. The van der Waals surface area contributed by atoms with Gasteiger partial charge in [-0.2, -0.15) is 0 Å².